The highest BCUT2D eigenvalue weighted by Crippen LogP contribution is 2.36. The van der Waals surface area contributed by atoms with Crippen molar-refractivity contribution in [3.8, 4) is 17.0 Å². The molecule has 1 aromatic heterocycles. The number of ether oxygens (including phenoxy) is 1. The quantitative estimate of drug-likeness (QED) is 0.733. The van der Waals surface area contributed by atoms with E-state index in [0.29, 0.717) is 0 Å². The van der Waals surface area contributed by atoms with Crippen molar-refractivity contribution in [2.24, 2.45) is 0 Å². The number of hydrogen-bond donors (Lipinski definition) is 0. The maximum atomic E-state index is 5.26. The van der Waals surface area contributed by atoms with Crippen molar-refractivity contribution in [3.63, 3.8) is 0 Å². The van der Waals surface area contributed by atoms with Gasteiger partial charge in [0.2, 0.25) is 0 Å². The van der Waals surface area contributed by atoms with Crippen LogP contribution in [0.5, 0.6) is 5.75 Å². The van der Waals surface area contributed by atoms with E-state index in [9.17, 15) is 0 Å². The summed E-state index contributed by atoms with van der Waals surface area (Å²) in [6, 6.07) is 6.15. The predicted octanol–water partition coefficient (Wildman–Crippen LogP) is 2.76. The molecule has 0 spiro atoms. The molecule has 0 bridgehead atoms. The third-order valence-corrected chi connectivity index (χ3v) is 3.20. The summed E-state index contributed by atoms with van der Waals surface area (Å²) in [6.45, 7) is 1.97. The number of benzene rings is 1. The minimum absolute atomic E-state index is 0.868. The van der Waals surface area contributed by atoms with Crippen LogP contribution in [0.2, 0.25) is 0 Å². The topological polar surface area (TPSA) is 35.3 Å². The van der Waals surface area contributed by atoms with Crippen LogP contribution in [0.25, 0.3) is 11.3 Å². The standard InChI is InChI=1S/C13H13NO2/c1-8-11-6-4-9-3-5-10(15-2)7-12(9)13(11)14-16-8/h3,5,7H,4,6H2,1-2H3. The van der Waals surface area contributed by atoms with E-state index in [1.54, 1.807) is 7.11 Å². The van der Waals surface area contributed by atoms with Gasteiger partial charge in [0.1, 0.15) is 17.2 Å². The van der Waals surface area contributed by atoms with Crippen molar-refractivity contribution >= 4 is 0 Å². The molecule has 16 heavy (non-hydrogen) atoms. The Morgan fingerprint density at radius 1 is 1.31 bits per heavy atom. The molecule has 0 radical (unpaired) electrons. The third-order valence-electron chi connectivity index (χ3n) is 3.20. The van der Waals surface area contributed by atoms with E-state index in [4.69, 9.17) is 9.26 Å². The SMILES string of the molecule is COc1ccc2c(c1)-c1noc(C)c1CC2. The van der Waals surface area contributed by atoms with Crippen LogP contribution in [0.4, 0.5) is 0 Å². The van der Waals surface area contributed by atoms with Gasteiger partial charge in [0.25, 0.3) is 0 Å². The van der Waals surface area contributed by atoms with Crippen LogP contribution in [0.15, 0.2) is 22.7 Å². The summed E-state index contributed by atoms with van der Waals surface area (Å²) in [5.41, 5.74) is 4.69. The van der Waals surface area contributed by atoms with E-state index in [2.05, 4.69) is 11.2 Å². The average molecular weight is 215 g/mol. The van der Waals surface area contributed by atoms with E-state index in [1.165, 1.54) is 11.1 Å². The maximum absolute atomic E-state index is 5.26. The molecule has 0 atom stereocenters. The Kier molecular flexibility index (Phi) is 1.99. The van der Waals surface area contributed by atoms with Crippen LogP contribution in [0.1, 0.15) is 16.9 Å². The zero-order chi connectivity index (χ0) is 11.1. The molecule has 1 aliphatic rings. The van der Waals surface area contributed by atoms with Crippen molar-refractivity contribution in [1.82, 2.24) is 5.16 Å². The molecule has 1 aromatic carbocycles. The van der Waals surface area contributed by atoms with Gasteiger partial charge in [-0.25, -0.2) is 0 Å². The molecule has 0 saturated carbocycles. The van der Waals surface area contributed by atoms with Crippen LogP contribution in [-0.2, 0) is 12.8 Å². The molecule has 0 unspecified atom stereocenters. The zero-order valence-corrected chi connectivity index (χ0v) is 9.41. The first kappa shape index (κ1) is 9.46. The number of aryl methyl sites for hydroxylation is 2. The number of nitrogens with zero attached hydrogens (tertiary/aromatic N) is 1. The summed E-state index contributed by atoms with van der Waals surface area (Å²) < 4.78 is 10.5. The number of methoxy groups -OCH3 is 1. The second kappa shape index (κ2) is 3.37. The van der Waals surface area contributed by atoms with Crippen molar-refractivity contribution in [2.75, 3.05) is 7.11 Å². The van der Waals surface area contributed by atoms with Crippen LogP contribution in [0.3, 0.4) is 0 Å². The molecular weight excluding hydrogens is 202 g/mol. The summed E-state index contributed by atoms with van der Waals surface area (Å²) in [5, 5.41) is 4.14. The number of hydrogen-bond acceptors (Lipinski definition) is 3. The monoisotopic (exact) mass is 215 g/mol. The number of rotatable bonds is 1. The maximum Gasteiger partial charge on any atom is 0.137 e. The van der Waals surface area contributed by atoms with Gasteiger partial charge in [-0.2, -0.15) is 0 Å². The summed E-state index contributed by atoms with van der Waals surface area (Å²) in [6.07, 6.45) is 2.07. The number of aromatic nitrogens is 1. The fourth-order valence-corrected chi connectivity index (χ4v) is 2.28. The Hall–Kier alpha value is -1.77. The van der Waals surface area contributed by atoms with Gasteiger partial charge in [0.15, 0.2) is 0 Å². The lowest BCUT2D eigenvalue weighted by Gasteiger charge is -2.15. The van der Waals surface area contributed by atoms with Gasteiger partial charge in [-0.3, -0.25) is 0 Å². The molecule has 1 heterocycles. The average Bonchev–Trinajstić information content (AvgIpc) is 2.71. The van der Waals surface area contributed by atoms with Crippen molar-refractivity contribution in [3.05, 3.63) is 35.1 Å². The second-order valence-corrected chi connectivity index (χ2v) is 4.09. The van der Waals surface area contributed by atoms with Crippen molar-refractivity contribution < 1.29 is 9.26 Å². The third kappa shape index (κ3) is 1.24. The largest absolute Gasteiger partial charge is 0.497 e. The first-order valence-corrected chi connectivity index (χ1v) is 5.42. The summed E-state index contributed by atoms with van der Waals surface area (Å²) in [4.78, 5) is 0. The molecule has 0 amide bonds. The molecule has 3 nitrogen and oxygen atoms in total. The highest BCUT2D eigenvalue weighted by Gasteiger charge is 2.22. The van der Waals surface area contributed by atoms with E-state index in [-0.39, 0.29) is 0 Å². The molecule has 3 rings (SSSR count). The van der Waals surface area contributed by atoms with Crippen LogP contribution in [-0.4, -0.2) is 12.3 Å². The Balaban J connectivity index is 2.22. The summed E-state index contributed by atoms with van der Waals surface area (Å²) in [5.74, 6) is 1.80. The smallest absolute Gasteiger partial charge is 0.137 e. The van der Waals surface area contributed by atoms with Crippen molar-refractivity contribution in [2.45, 2.75) is 19.8 Å². The van der Waals surface area contributed by atoms with Gasteiger partial charge in [0.05, 0.1) is 7.11 Å². The zero-order valence-electron chi connectivity index (χ0n) is 9.41. The van der Waals surface area contributed by atoms with Gasteiger partial charge in [-0.15, -0.1) is 0 Å². The summed E-state index contributed by atoms with van der Waals surface area (Å²) >= 11 is 0. The molecule has 0 N–H and O–H groups in total. The van der Waals surface area contributed by atoms with Gasteiger partial charge in [-0.05, 0) is 37.5 Å². The van der Waals surface area contributed by atoms with Crippen LogP contribution < -0.4 is 4.74 Å². The first-order valence-electron chi connectivity index (χ1n) is 5.42. The normalized spacial score (nSPS) is 13.1. The van der Waals surface area contributed by atoms with Gasteiger partial charge < -0.3 is 9.26 Å². The fourth-order valence-electron chi connectivity index (χ4n) is 2.28. The first-order chi connectivity index (χ1) is 7.79. The minimum Gasteiger partial charge on any atom is -0.497 e. The van der Waals surface area contributed by atoms with Gasteiger partial charge in [0, 0.05) is 11.1 Å². The lowest BCUT2D eigenvalue weighted by atomic mass is 9.89. The Bertz CT molecular complexity index is 543. The van der Waals surface area contributed by atoms with Gasteiger partial charge >= 0.3 is 0 Å². The minimum atomic E-state index is 0.868. The second-order valence-electron chi connectivity index (χ2n) is 4.09. The van der Waals surface area contributed by atoms with Crippen LogP contribution >= 0.6 is 0 Å². The number of fused-ring (bicyclic) bond motifs is 3. The van der Waals surface area contributed by atoms with E-state index in [0.717, 1.165) is 35.6 Å². The highest BCUT2D eigenvalue weighted by molar-refractivity contribution is 5.71. The van der Waals surface area contributed by atoms with Crippen molar-refractivity contribution in [1.29, 1.82) is 0 Å². The molecule has 0 fully saturated rings. The fraction of sp³-hybridized carbons (Fsp3) is 0.308. The Morgan fingerprint density at radius 3 is 3.00 bits per heavy atom. The highest BCUT2D eigenvalue weighted by atomic mass is 16.5. The van der Waals surface area contributed by atoms with E-state index >= 15 is 0 Å². The molecule has 0 saturated heterocycles. The van der Waals surface area contributed by atoms with E-state index < -0.39 is 0 Å². The molecule has 3 heteroatoms. The molecule has 1 aliphatic carbocycles. The molecule has 82 valence electrons. The van der Waals surface area contributed by atoms with Gasteiger partial charge in [-0.1, -0.05) is 11.2 Å². The van der Waals surface area contributed by atoms with Crippen LogP contribution in [0, 0.1) is 6.92 Å². The lowest BCUT2D eigenvalue weighted by molar-refractivity contribution is 0.398. The molecule has 2 aromatic rings. The summed E-state index contributed by atoms with van der Waals surface area (Å²) in [7, 11) is 1.68. The molecule has 0 aliphatic heterocycles. The molecular formula is C13H13NO2. The Labute approximate surface area is 94.0 Å². The lowest BCUT2D eigenvalue weighted by Crippen LogP contribution is -2.03. The van der Waals surface area contributed by atoms with E-state index in [1.807, 2.05) is 19.1 Å². The predicted molar refractivity (Wildman–Crippen MR) is 60.6 cm³/mol. The Morgan fingerprint density at radius 2 is 2.19 bits per heavy atom.